The molecule has 0 unspecified atom stereocenters. The lowest BCUT2D eigenvalue weighted by atomic mass is 10.3. The minimum Gasteiger partial charge on any atom is -0.382 e. The van der Waals surface area contributed by atoms with Gasteiger partial charge in [0.25, 0.3) is 0 Å². The summed E-state index contributed by atoms with van der Waals surface area (Å²) < 4.78 is 5.09. The number of aromatic nitrogens is 4. The number of rotatable bonds is 5. The summed E-state index contributed by atoms with van der Waals surface area (Å²) in [6.45, 7) is 2.05. The Morgan fingerprint density at radius 2 is 2.32 bits per heavy atom. The van der Waals surface area contributed by atoms with Gasteiger partial charge in [0.15, 0.2) is 11.0 Å². The summed E-state index contributed by atoms with van der Waals surface area (Å²) in [6.07, 6.45) is 3.18. The maximum Gasteiger partial charge on any atom is 0.237 e. The second kappa shape index (κ2) is 6.15. The molecule has 2 N–H and O–H groups in total. The summed E-state index contributed by atoms with van der Waals surface area (Å²) in [5.41, 5.74) is 5.88. The van der Waals surface area contributed by atoms with Crippen LogP contribution in [0.3, 0.4) is 0 Å². The molecule has 0 aromatic carbocycles. The van der Waals surface area contributed by atoms with Crippen LogP contribution in [0.4, 0.5) is 5.82 Å². The summed E-state index contributed by atoms with van der Waals surface area (Å²) in [7, 11) is 0. The molecule has 0 aliphatic heterocycles. The Morgan fingerprint density at radius 3 is 3.00 bits per heavy atom. The zero-order chi connectivity index (χ0) is 13.7. The van der Waals surface area contributed by atoms with E-state index in [9.17, 15) is 0 Å². The second-order valence-electron chi connectivity index (χ2n) is 3.71. The summed E-state index contributed by atoms with van der Waals surface area (Å²) in [4.78, 5) is 12.3. The standard InChI is InChI=1S/C11H12N6OS/c1-2-3-8-15-9(18-17-8)6-19-11-14-5-7(4-12)10(13)16-11/h5H,2-3,6H2,1H3,(H2,13,14,16). The highest BCUT2D eigenvalue weighted by Gasteiger charge is 2.09. The summed E-state index contributed by atoms with van der Waals surface area (Å²) in [5, 5.41) is 13.1. The van der Waals surface area contributed by atoms with Crippen molar-refractivity contribution in [1.29, 1.82) is 5.26 Å². The van der Waals surface area contributed by atoms with Crippen LogP contribution in [-0.2, 0) is 12.2 Å². The van der Waals surface area contributed by atoms with E-state index < -0.39 is 0 Å². The van der Waals surface area contributed by atoms with Crippen LogP contribution in [0.1, 0.15) is 30.6 Å². The van der Waals surface area contributed by atoms with Gasteiger partial charge in [-0.2, -0.15) is 10.2 Å². The van der Waals surface area contributed by atoms with Gasteiger partial charge in [-0.1, -0.05) is 23.8 Å². The van der Waals surface area contributed by atoms with E-state index in [0.29, 0.717) is 22.6 Å². The van der Waals surface area contributed by atoms with Gasteiger partial charge in [-0.3, -0.25) is 0 Å². The van der Waals surface area contributed by atoms with Gasteiger partial charge in [-0.25, -0.2) is 9.97 Å². The third-order valence-electron chi connectivity index (χ3n) is 2.23. The lowest BCUT2D eigenvalue weighted by Gasteiger charge is -1.99. The highest BCUT2D eigenvalue weighted by atomic mass is 32.2. The highest BCUT2D eigenvalue weighted by molar-refractivity contribution is 7.98. The van der Waals surface area contributed by atoms with Crippen molar-refractivity contribution in [2.24, 2.45) is 0 Å². The number of hydrogen-bond acceptors (Lipinski definition) is 8. The van der Waals surface area contributed by atoms with Gasteiger partial charge < -0.3 is 10.3 Å². The molecule has 0 fully saturated rings. The SMILES string of the molecule is CCCc1noc(CSc2ncc(C#N)c(N)n2)n1. The first kappa shape index (κ1) is 13.3. The number of hydrogen-bond donors (Lipinski definition) is 1. The Balaban J connectivity index is 1.98. The Morgan fingerprint density at radius 1 is 1.47 bits per heavy atom. The molecule has 2 rings (SSSR count). The van der Waals surface area contributed by atoms with Gasteiger partial charge in [0.05, 0.1) is 11.9 Å². The summed E-state index contributed by atoms with van der Waals surface area (Å²) in [6, 6.07) is 1.91. The van der Waals surface area contributed by atoms with E-state index in [1.54, 1.807) is 0 Å². The predicted octanol–water partition coefficient (Wildman–Crippen LogP) is 1.56. The molecule has 2 aromatic rings. The Hall–Kier alpha value is -2.14. The first-order valence-corrected chi connectivity index (χ1v) is 6.68. The molecule has 2 aromatic heterocycles. The number of nitrogens with two attached hydrogens (primary N) is 1. The molecular weight excluding hydrogens is 264 g/mol. The fourth-order valence-corrected chi connectivity index (χ4v) is 1.99. The number of anilines is 1. The molecule has 19 heavy (non-hydrogen) atoms. The van der Waals surface area contributed by atoms with Crippen LogP contribution in [0.5, 0.6) is 0 Å². The smallest absolute Gasteiger partial charge is 0.237 e. The Bertz CT molecular complexity index is 605. The van der Waals surface area contributed by atoms with Crippen LogP contribution in [0.2, 0.25) is 0 Å². The van der Waals surface area contributed by atoms with Crippen LogP contribution in [0.25, 0.3) is 0 Å². The molecule has 7 nitrogen and oxygen atoms in total. The predicted molar refractivity (Wildman–Crippen MR) is 69.0 cm³/mol. The lowest BCUT2D eigenvalue weighted by molar-refractivity contribution is 0.384. The van der Waals surface area contributed by atoms with E-state index in [1.165, 1.54) is 18.0 Å². The maximum absolute atomic E-state index is 8.72. The van der Waals surface area contributed by atoms with Crippen molar-refractivity contribution in [1.82, 2.24) is 20.1 Å². The van der Waals surface area contributed by atoms with Gasteiger partial charge in [0.1, 0.15) is 17.5 Å². The monoisotopic (exact) mass is 276 g/mol. The molecule has 8 heteroatoms. The quantitative estimate of drug-likeness (QED) is 0.646. The van der Waals surface area contributed by atoms with E-state index in [2.05, 4.69) is 27.0 Å². The fraction of sp³-hybridized carbons (Fsp3) is 0.364. The lowest BCUT2D eigenvalue weighted by Crippen LogP contribution is -1.98. The third-order valence-corrected chi connectivity index (χ3v) is 3.07. The Kier molecular flexibility index (Phi) is 4.30. The largest absolute Gasteiger partial charge is 0.382 e. The fourth-order valence-electron chi connectivity index (χ4n) is 1.33. The van der Waals surface area contributed by atoms with E-state index in [0.717, 1.165) is 12.8 Å². The van der Waals surface area contributed by atoms with Crippen LogP contribution in [0, 0.1) is 11.3 Å². The first-order chi connectivity index (χ1) is 9.22. The molecule has 0 bridgehead atoms. The number of nitrogen functional groups attached to an aromatic ring is 1. The molecule has 0 aliphatic carbocycles. The summed E-state index contributed by atoms with van der Waals surface area (Å²) in [5.74, 6) is 1.89. The molecule has 0 saturated carbocycles. The Labute approximate surface area is 114 Å². The van der Waals surface area contributed by atoms with Crippen molar-refractivity contribution in [2.45, 2.75) is 30.7 Å². The second-order valence-corrected chi connectivity index (χ2v) is 4.65. The van der Waals surface area contributed by atoms with Crippen LogP contribution in [0.15, 0.2) is 15.9 Å². The average molecular weight is 276 g/mol. The topological polar surface area (TPSA) is 115 Å². The zero-order valence-corrected chi connectivity index (χ0v) is 11.1. The van der Waals surface area contributed by atoms with Crippen LogP contribution >= 0.6 is 11.8 Å². The molecule has 0 saturated heterocycles. The van der Waals surface area contributed by atoms with E-state index in [1.807, 2.05) is 6.07 Å². The van der Waals surface area contributed by atoms with Crippen molar-refractivity contribution in [2.75, 3.05) is 5.73 Å². The van der Waals surface area contributed by atoms with Crippen LogP contribution < -0.4 is 5.73 Å². The molecule has 0 spiro atoms. The maximum atomic E-state index is 8.72. The normalized spacial score (nSPS) is 10.3. The van der Waals surface area contributed by atoms with Crippen molar-refractivity contribution < 1.29 is 4.52 Å². The van der Waals surface area contributed by atoms with Gasteiger partial charge in [-0.15, -0.1) is 0 Å². The minimum absolute atomic E-state index is 0.178. The van der Waals surface area contributed by atoms with Crippen molar-refractivity contribution in [3.05, 3.63) is 23.5 Å². The average Bonchev–Trinajstić information content (AvgIpc) is 2.85. The van der Waals surface area contributed by atoms with Gasteiger partial charge >= 0.3 is 0 Å². The number of nitriles is 1. The van der Waals surface area contributed by atoms with E-state index >= 15 is 0 Å². The number of aryl methyl sites for hydroxylation is 1. The zero-order valence-electron chi connectivity index (χ0n) is 10.3. The van der Waals surface area contributed by atoms with E-state index in [4.69, 9.17) is 15.5 Å². The van der Waals surface area contributed by atoms with E-state index in [-0.39, 0.29) is 11.4 Å². The number of nitrogens with zero attached hydrogens (tertiary/aromatic N) is 5. The molecule has 98 valence electrons. The molecule has 0 amide bonds. The minimum atomic E-state index is 0.178. The van der Waals surface area contributed by atoms with Gasteiger partial charge in [0, 0.05) is 6.42 Å². The molecule has 0 aliphatic rings. The molecule has 0 atom stereocenters. The number of thioether (sulfide) groups is 1. The highest BCUT2D eigenvalue weighted by Crippen LogP contribution is 2.19. The van der Waals surface area contributed by atoms with Gasteiger partial charge in [0.2, 0.25) is 5.89 Å². The molecule has 0 radical (unpaired) electrons. The molecular formula is C11H12N6OS. The van der Waals surface area contributed by atoms with Crippen molar-refractivity contribution in [3.63, 3.8) is 0 Å². The summed E-state index contributed by atoms with van der Waals surface area (Å²) >= 11 is 1.33. The molecule has 2 heterocycles. The third kappa shape index (κ3) is 3.42. The van der Waals surface area contributed by atoms with Crippen molar-refractivity contribution >= 4 is 17.6 Å². The van der Waals surface area contributed by atoms with Crippen LogP contribution in [-0.4, -0.2) is 20.1 Å². The van der Waals surface area contributed by atoms with Crippen molar-refractivity contribution in [3.8, 4) is 6.07 Å². The van der Waals surface area contributed by atoms with Gasteiger partial charge in [-0.05, 0) is 6.42 Å². The first-order valence-electron chi connectivity index (χ1n) is 5.69.